The molecular weight excluding hydrogens is 260 g/mol. The number of fused-ring (bicyclic) bond motifs is 1. The molecule has 1 aromatic heterocycles. The van der Waals surface area contributed by atoms with Gasteiger partial charge in [-0.05, 0) is 31.4 Å². The van der Waals surface area contributed by atoms with Crippen LogP contribution < -0.4 is 0 Å². The molecule has 0 aliphatic carbocycles. The van der Waals surface area contributed by atoms with Crippen LogP contribution in [0.2, 0.25) is 0 Å². The molecule has 0 fully saturated rings. The van der Waals surface area contributed by atoms with Crippen molar-refractivity contribution in [1.82, 2.24) is 14.8 Å². The van der Waals surface area contributed by atoms with Gasteiger partial charge in [-0.3, -0.25) is 0 Å². The van der Waals surface area contributed by atoms with Gasteiger partial charge in [0.2, 0.25) is 0 Å². The second kappa shape index (κ2) is 5.92. The largest absolute Gasteiger partial charge is 0.310 e. The van der Waals surface area contributed by atoms with E-state index in [1.807, 2.05) is 30.3 Å². The quantitative estimate of drug-likeness (QED) is 0.791. The molecule has 4 heteroatoms. The lowest BCUT2D eigenvalue weighted by Gasteiger charge is -2.05. The predicted molar refractivity (Wildman–Crippen MR) is 82.2 cm³/mol. The predicted octanol–water partition coefficient (Wildman–Crippen LogP) is 3.38. The first-order valence-corrected chi connectivity index (χ1v) is 7.39. The first kappa shape index (κ1) is 13.6. The first-order chi connectivity index (χ1) is 10.3. The molecule has 0 unspecified atom stereocenters. The topological polar surface area (TPSA) is 54.5 Å². The summed E-state index contributed by atoms with van der Waals surface area (Å²) in [6, 6.07) is 10.4. The minimum absolute atomic E-state index is 0.583. The van der Waals surface area contributed by atoms with E-state index in [-0.39, 0.29) is 0 Å². The summed E-state index contributed by atoms with van der Waals surface area (Å²) < 4.78 is 2.11. The molecule has 0 saturated carbocycles. The summed E-state index contributed by atoms with van der Waals surface area (Å²) in [5.74, 6) is 1.71. The van der Waals surface area contributed by atoms with E-state index in [0.29, 0.717) is 11.4 Å². The third kappa shape index (κ3) is 2.87. The van der Waals surface area contributed by atoms with Crippen LogP contribution in [-0.2, 0) is 13.0 Å². The molecule has 0 spiro atoms. The number of allylic oxidation sites excluding steroid dienone is 1. The highest BCUT2D eigenvalue weighted by Gasteiger charge is 2.17. The maximum Gasteiger partial charge on any atom is 0.174 e. The number of nitrogens with zero attached hydrogens (tertiary/aromatic N) is 4. The number of aryl methyl sites for hydroxylation is 2. The van der Waals surface area contributed by atoms with E-state index in [4.69, 9.17) is 0 Å². The molecule has 3 rings (SSSR count). The van der Waals surface area contributed by atoms with Crippen molar-refractivity contribution in [2.45, 2.75) is 39.2 Å². The molecule has 0 atom stereocenters. The van der Waals surface area contributed by atoms with Gasteiger partial charge in [0.1, 0.15) is 11.9 Å². The van der Waals surface area contributed by atoms with Crippen LogP contribution in [0, 0.1) is 18.3 Å². The maximum atomic E-state index is 9.49. The van der Waals surface area contributed by atoms with Crippen LogP contribution in [0.1, 0.15) is 42.0 Å². The van der Waals surface area contributed by atoms with Gasteiger partial charge in [0.25, 0.3) is 0 Å². The summed E-state index contributed by atoms with van der Waals surface area (Å²) in [6.07, 6.45) is 6.34. The van der Waals surface area contributed by atoms with Crippen molar-refractivity contribution in [2.75, 3.05) is 0 Å². The summed E-state index contributed by atoms with van der Waals surface area (Å²) in [4.78, 5) is 0. The van der Waals surface area contributed by atoms with Gasteiger partial charge >= 0.3 is 0 Å². The monoisotopic (exact) mass is 278 g/mol. The van der Waals surface area contributed by atoms with Gasteiger partial charge in [0.15, 0.2) is 5.82 Å². The van der Waals surface area contributed by atoms with Crippen molar-refractivity contribution in [1.29, 1.82) is 5.26 Å². The minimum atomic E-state index is 0.583. The van der Waals surface area contributed by atoms with E-state index >= 15 is 0 Å². The Labute approximate surface area is 124 Å². The second-order valence-electron chi connectivity index (χ2n) is 5.48. The zero-order chi connectivity index (χ0) is 14.7. The highest BCUT2D eigenvalue weighted by Crippen LogP contribution is 2.21. The molecule has 106 valence electrons. The Morgan fingerprint density at radius 1 is 1.19 bits per heavy atom. The van der Waals surface area contributed by atoms with Crippen LogP contribution in [-0.4, -0.2) is 14.8 Å². The van der Waals surface area contributed by atoms with Gasteiger partial charge in [0, 0.05) is 13.0 Å². The fraction of sp³-hybridized carbons (Fsp3) is 0.353. The molecule has 2 heterocycles. The molecule has 0 saturated heterocycles. The van der Waals surface area contributed by atoms with Gasteiger partial charge in [0.05, 0.1) is 5.57 Å². The molecule has 2 aromatic rings. The van der Waals surface area contributed by atoms with E-state index in [1.54, 1.807) is 0 Å². The number of hydrogen-bond donors (Lipinski definition) is 0. The molecule has 1 aliphatic heterocycles. The first-order valence-electron chi connectivity index (χ1n) is 7.39. The molecular formula is C17H18N4. The second-order valence-corrected chi connectivity index (χ2v) is 5.48. The average Bonchev–Trinajstić information content (AvgIpc) is 2.75. The summed E-state index contributed by atoms with van der Waals surface area (Å²) in [7, 11) is 0. The fourth-order valence-electron chi connectivity index (χ4n) is 2.66. The average molecular weight is 278 g/mol. The molecule has 0 bridgehead atoms. The number of hydrogen-bond acceptors (Lipinski definition) is 3. The minimum Gasteiger partial charge on any atom is -0.310 e. The zero-order valence-electron chi connectivity index (χ0n) is 12.2. The van der Waals surface area contributed by atoms with Crippen LogP contribution in [0.5, 0.6) is 0 Å². The third-order valence-corrected chi connectivity index (χ3v) is 3.86. The number of nitriles is 1. The van der Waals surface area contributed by atoms with Crippen molar-refractivity contribution in [3.8, 4) is 6.07 Å². The summed E-state index contributed by atoms with van der Waals surface area (Å²) in [6.45, 7) is 2.96. The third-order valence-electron chi connectivity index (χ3n) is 3.86. The SMILES string of the molecule is Cc1ccc(/C=C(\C#N)c2nnc3n2CCCCC3)cc1. The highest BCUT2D eigenvalue weighted by atomic mass is 15.3. The van der Waals surface area contributed by atoms with Crippen LogP contribution in [0.4, 0.5) is 0 Å². The van der Waals surface area contributed by atoms with Gasteiger partial charge in [-0.25, -0.2) is 0 Å². The smallest absolute Gasteiger partial charge is 0.174 e. The van der Waals surface area contributed by atoms with E-state index < -0.39 is 0 Å². The Hall–Kier alpha value is -2.41. The fourth-order valence-corrected chi connectivity index (χ4v) is 2.66. The van der Waals surface area contributed by atoms with E-state index in [0.717, 1.165) is 37.2 Å². The van der Waals surface area contributed by atoms with Gasteiger partial charge in [-0.15, -0.1) is 10.2 Å². The van der Waals surface area contributed by atoms with Crippen LogP contribution >= 0.6 is 0 Å². The lowest BCUT2D eigenvalue weighted by Crippen LogP contribution is -2.05. The summed E-state index contributed by atoms with van der Waals surface area (Å²) in [5.41, 5.74) is 2.81. The van der Waals surface area contributed by atoms with Gasteiger partial charge < -0.3 is 4.57 Å². The Bertz CT molecular complexity index is 701. The Morgan fingerprint density at radius 2 is 2.00 bits per heavy atom. The Kier molecular flexibility index (Phi) is 3.83. The van der Waals surface area contributed by atoms with Crippen molar-refractivity contribution in [2.24, 2.45) is 0 Å². The standard InChI is InChI=1S/C17H18N4/c1-13-6-8-14(9-7-13)11-15(12-18)17-20-19-16-5-3-2-4-10-21(16)17/h6-9,11H,2-5,10H2,1H3/b15-11+. The number of rotatable bonds is 2. The molecule has 1 aromatic carbocycles. The van der Waals surface area contributed by atoms with Crippen LogP contribution in [0.3, 0.4) is 0 Å². The molecule has 4 nitrogen and oxygen atoms in total. The van der Waals surface area contributed by atoms with E-state index in [9.17, 15) is 5.26 Å². The molecule has 0 amide bonds. The highest BCUT2D eigenvalue weighted by molar-refractivity contribution is 5.87. The molecule has 0 N–H and O–H groups in total. The van der Waals surface area contributed by atoms with Crippen molar-refractivity contribution in [3.63, 3.8) is 0 Å². The molecule has 0 radical (unpaired) electrons. The zero-order valence-corrected chi connectivity index (χ0v) is 12.2. The van der Waals surface area contributed by atoms with Gasteiger partial charge in [-0.1, -0.05) is 36.2 Å². The number of aromatic nitrogens is 3. The lowest BCUT2D eigenvalue weighted by molar-refractivity contribution is 0.627. The Morgan fingerprint density at radius 3 is 2.76 bits per heavy atom. The van der Waals surface area contributed by atoms with Crippen LogP contribution in [0.25, 0.3) is 11.6 Å². The molecule has 21 heavy (non-hydrogen) atoms. The summed E-state index contributed by atoms with van der Waals surface area (Å²) in [5, 5.41) is 18.0. The lowest BCUT2D eigenvalue weighted by atomic mass is 10.1. The van der Waals surface area contributed by atoms with Crippen molar-refractivity contribution < 1.29 is 0 Å². The van der Waals surface area contributed by atoms with Crippen molar-refractivity contribution in [3.05, 3.63) is 47.0 Å². The van der Waals surface area contributed by atoms with Crippen molar-refractivity contribution >= 4 is 11.6 Å². The normalized spacial score (nSPS) is 15.1. The van der Waals surface area contributed by atoms with E-state index in [1.165, 1.54) is 12.0 Å². The molecule has 1 aliphatic rings. The number of benzene rings is 1. The maximum absolute atomic E-state index is 9.49. The summed E-state index contributed by atoms with van der Waals surface area (Å²) >= 11 is 0. The Balaban J connectivity index is 1.99. The van der Waals surface area contributed by atoms with Crippen LogP contribution in [0.15, 0.2) is 24.3 Å². The van der Waals surface area contributed by atoms with E-state index in [2.05, 4.69) is 27.8 Å². The van der Waals surface area contributed by atoms with Gasteiger partial charge in [-0.2, -0.15) is 5.26 Å².